The van der Waals surface area contributed by atoms with Crippen LogP contribution in [0.2, 0.25) is 0 Å². The number of rotatable bonds is 2. The smallest absolute Gasteiger partial charge is 0.171 e. The van der Waals surface area contributed by atoms with Gasteiger partial charge >= 0.3 is 6.18 Å². The molecule has 14 heavy (non-hydrogen) atoms. The van der Waals surface area contributed by atoms with Crippen LogP contribution in [0.15, 0.2) is 0 Å². The average Bonchev–Trinajstić information content (AvgIpc) is 2.15. The predicted octanol–water partition coefficient (Wildman–Crippen LogP) is 4.53. The van der Waals surface area contributed by atoms with E-state index in [0.29, 0.717) is 36.4 Å². The van der Waals surface area contributed by atoms with Crippen molar-refractivity contribution in [1.29, 1.82) is 0 Å². The van der Waals surface area contributed by atoms with Gasteiger partial charge in [-0.15, -0.1) is 0 Å². The molecule has 0 aromatic heterocycles. The molecule has 0 aliphatic heterocycles. The monoisotopic (exact) mass is 272 g/mol. The lowest BCUT2D eigenvalue weighted by molar-refractivity contribution is -0.183. The molecular weight excluding hydrogens is 257 g/mol. The van der Waals surface area contributed by atoms with Gasteiger partial charge in [0.25, 0.3) is 0 Å². The second kappa shape index (κ2) is 4.86. The number of hydrogen-bond acceptors (Lipinski definition) is 0. The van der Waals surface area contributed by atoms with Crippen molar-refractivity contribution in [2.24, 2.45) is 11.8 Å². The van der Waals surface area contributed by atoms with Crippen LogP contribution in [-0.2, 0) is 0 Å². The summed E-state index contributed by atoms with van der Waals surface area (Å²) in [7, 11) is 0. The summed E-state index contributed by atoms with van der Waals surface area (Å²) in [5.74, 6) is -0.603. The van der Waals surface area contributed by atoms with Gasteiger partial charge in [0.05, 0.1) is 5.92 Å². The quantitative estimate of drug-likeness (QED) is 0.648. The maximum atomic E-state index is 12.3. The molecule has 1 unspecified atom stereocenters. The Labute approximate surface area is 91.4 Å². The van der Waals surface area contributed by atoms with Crippen LogP contribution in [0.25, 0.3) is 0 Å². The van der Waals surface area contributed by atoms with Gasteiger partial charge in [0, 0.05) is 4.83 Å². The van der Waals surface area contributed by atoms with Crippen LogP contribution in [-0.4, -0.2) is 11.0 Å². The first-order chi connectivity index (χ1) is 6.45. The second-order valence-electron chi connectivity index (χ2n) is 4.08. The predicted molar refractivity (Wildman–Crippen MR) is 54.5 cm³/mol. The highest BCUT2D eigenvalue weighted by molar-refractivity contribution is 9.09. The van der Waals surface area contributed by atoms with Crippen LogP contribution >= 0.6 is 15.9 Å². The molecule has 84 valence electrons. The Bertz CT molecular complexity index is 171. The van der Waals surface area contributed by atoms with E-state index < -0.39 is 12.1 Å². The minimum absolute atomic E-state index is 0.316. The van der Waals surface area contributed by atoms with Gasteiger partial charge in [-0.3, -0.25) is 0 Å². The highest BCUT2D eigenvalue weighted by Crippen LogP contribution is 2.41. The van der Waals surface area contributed by atoms with Gasteiger partial charge in [-0.1, -0.05) is 22.9 Å². The Morgan fingerprint density at radius 2 is 1.71 bits per heavy atom. The highest BCUT2D eigenvalue weighted by atomic mass is 79.9. The maximum Gasteiger partial charge on any atom is 0.391 e. The van der Waals surface area contributed by atoms with Crippen molar-refractivity contribution in [2.75, 3.05) is 0 Å². The molecular formula is C10H16BrF3. The van der Waals surface area contributed by atoms with Crippen molar-refractivity contribution >= 4 is 15.9 Å². The summed E-state index contributed by atoms with van der Waals surface area (Å²) in [6.45, 7) is 2.06. The fraction of sp³-hybridized carbons (Fsp3) is 1.00. The van der Waals surface area contributed by atoms with Crippen LogP contribution < -0.4 is 0 Å². The third-order valence-corrected chi connectivity index (χ3v) is 4.53. The Balaban J connectivity index is 2.39. The number of alkyl halides is 4. The standard InChI is InChI=1S/C10H16BrF3/c1-2-9(11)7-3-5-8(6-4-7)10(12,13)14/h7-9H,2-6H2,1H3. The summed E-state index contributed by atoms with van der Waals surface area (Å²) < 4.78 is 37.0. The van der Waals surface area contributed by atoms with E-state index >= 15 is 0 Å². The van der Waals surface area contributed by atoms with Gasteiger partial charge in [-0.25, -0.2) is 0 Å². The number of hydrogen-bond donors (Lipinski definition) is 0. The molecule has 1 aliphatic carbocycles. The SMILES string of the molecule is CCC(Br)C1CCC(C(F)(F)F)CC1. The first-order valence-corrected chi connectivity index (χ1v) is 6.07. The van der Waals surface area contributed by atoms with E-state index in [9.17, 15) is 13.2 Å². The molecule has 0 bridgehead atoms. The molecule has 1 aliphatic rings. The third kappa shape index (κ3) is 3.14. The molecule has 1 atom stereocenters. The minimum atomic E-state index is -3.97. The lowest BCUT2D eigenvalue weighted by Gasteiger charge is -2.32. The van der Waals surface area contributed by atoms with E-state index in [0.717, 1.165) is 6.42 Å². The van der Waals surface area contributed by atoms with Gasteiger partial charge < -0.3 is 0 Å². The van der Waals surface area contributed by atoms with Gasteiger partial charge in [0.1, 0.15) is 0 Å². The van der Waals surface area contributed by atoms with Crippen LogP contribution in [0.5, 0.6) is 0 Å². The first-order valence-electron chi connectivity index (χ1n) is 5.16. The maximum absolute atomic E-state index is 12.3. The molecule has 0 heterocycles. The molecule has 1 saturated carbocycles. The largest absolute Gasteiger partial charge is 0.391 e. The molecule has 0 spiro atoms. The van der Waals surface area contributed by atoms with Crippen molar-refractivity contribution in [1.82, 2.24) is 0 Å². The zero-order valence-electron chi connectivity index (χ0n) is 8.28. The van der Waals surface area contributed by atoms with E-state index in [-0.39, 0.29) is 0 Å². The van der Waals surface area contributed by atoms with Gasteiger partial charge in [0.2, 0.25) is 0 Å². The summed E-state index contributed by atoms with van der Waals surface area (Å²) >= 11 is 3.53. The summed E-state index contributed by atoms with van der Waals surface area (Å²) in [6.07, 6.45) is -0.908. The zero-order valence-corrected chi connectivity index (χ0v) is 9.87. The lowest BCUT2D eigenvalue weighted by Crippen LogP contribution is -2.30. The summed E-state index contributed by atoms with van der Waals surface area (Å²) in [6, 6.07) is 0. The Hall–Kier alpha value is 0.270. The fourth-order valence-corrected chi connectivity index (χ4v) is 2.67. The highest BCUT2D eigenvalue weighted by Gasteiger charge is 2.41. The minimum Gasteiger partial charge on any atom is -0.171 e. The van der Waals surface area contributed by atoms with Gasteiger partial charge in [0.15, 0.2) is 0 Å². The first kappa shape index (κ1) is 12.3. The molecule has 0 aromatic carbocycles. The molecule has 4 heteroatoms. The Morgan fingerprint density at radius 3 is 2.07 bits per heavy atom. The lowest BCUT2D eigenvalue weighted by atomic mass is 9.80. The van der Waals surface area contributed by atoms with Crippen molar-refractivity contribution < 1.29 is 13.2 Å². The Kier molecular flexibility index (Phi) is 4.29. The molecule has 0 radical (unpaired) electrons. The van der Waals surface area contributed by atoms with Crippen LogP contribution in [0.4, 0.5) is 13.2 Å². The molecule has 0 amide bonds. The van der Waals surface area contributed by atoms with Crippen LogP contribution in [0.3, 0.4) is 0 Å². The summed E-state index contributed by atoms with van der Waals surface area (Å²) in [5, 5.41) is 0. The Morgan fingerprint density at radius 1 is 1.21 bits per heavy atom. The molecule has 0 saturated heterocycles. The zero-order chi connectivity index (χ0) is 10.8. The average molecular weight is 273 g/mol. The third-order valence-electron chi connectivity index (χ3n) is 3.14. The summed E-state index contributed by atoms with van der Waals surface area (Å²) in [5.41, 5.74) is 0. The van der Waals surface area contributed by atoms with E-state index in [4.69, 9.17) is 0 Å². The van der Waals surface area contributed by atoms with Crippen molar-refractivity contribution in [2.45, 2.75) is 50.0 Å². The molecule has 1 fully saturated rings. The molecule has 0 aromatic rings. The number of halogens is 4. The van der Waals surface area contributed by atoms with E-state index in [1.54, 1.807) is 0 Å². The molecule has 0 N–H and O–H groups in total. The second-order valence-corrected chi connectivity index (χ2v) is 5.25. The van der Waals surface area contributed by atoms with Gasteiger partial charge in [-0.2, -0.15) is 13.2 Å². The molecule has 1 rings (SSSR count). The summed E-state index contributed by atoms with van der Waals surface area (Å²) in [4.78, 5) is 0.400. The van der Waals surface area contributed by atoms with Crippen molar-refractivity contribution in [3.8, 4) is 0 Å². The van der Waals surface area contributed by atoms with Crippen molar-refractivity contribution in [3.63, 3.8) is 0 Å². The van der Waals surface area contributed by atoms with E-state index in [1.807, 2.05) is 0 Å². The molecule has 0 nitrogen and oxygen atoms in total. The van der Waals surface area contributed by atoms with Gasteiger partial charge in [-0.05, 0) is 38.0 Å². The normalized spacial score (nSPS) is 31.5. The topological polar surface area (TPSA) is 0 Å². The van der Waals surface area contributed by atoms with E-state index in [1.165, 1.54) is 0 Å². The fourth-order valence-electron chi connectivity index (χ4n) is 2.14. The van der Waals surface area contributed by atoms with Crippen LogP contribution in [0, 0.1) is 11.8 Å². The van der Waals surface area contributed by atoms with Crippen LogP contribution in [0.1, 0.15) is 39.0 Å². The van der Waals surface area contributed by atoms with E-state index in [2.05, 4.69) is 22.9 Å². The van der Waals surface area contributed by atoms with Crippen molar-refractivity contribution in [3.05, 3.63) is 0 Å².